The second-order valence-electron chi connectivity index (χ2n) is 5.19. The van der Waals surface area contributed by atoms with E-state index in [9.17, 15) is 9.59 Å². The van der Waals surface area contributed by atoms with E-state index in [-0.39, 0.29) is 5.15 Å². The maximum absolute atomic E-state index is 11.8. The van der Waals surface area contributed by atoms with Crippen molar-refractivity contribution in [2.45, 2.75) is 0 Å². The second kappa shape index (κ2) is 8.03. The lowest BCUT2D eigenvalue weighted by molar-refractivity contribution is -0.142. The highest BCUT2D eigenvalue weighted by atomic mass is 35.5. The van der Waals surface area contributed by atoms with E-state index in [0.29, 0.717) is 22.1 Å². The molecule has 8 heteroatoms. The number of rotatable bonds is 5. The summed E-state index contributed by atoms with van der Waals surface area (Å²) in [6.45, 7) is -0.435. The Kier molecular flexibility index (Phi) is 5.55. The van der Waals surface area contributed by atoms with Crippen molar-refractivity contribution in [2.24, 2.45) is 0 Å². The van der Waals surface area contributed by atoms with E-state index in [2.05, 4.69) is 10.3 Å². The number of para-hydroxylation sites is 1. The van der Waals surface area contributed by atoms with Crippen LogP contribution >= 0.6 is 23.2 Å². The number of carbonyl (C=O) groups is 2. The second-order valence-corrected chi connectivity index (χ2v) is 5.95. The number of amides is 1. The van der Waals surface area contributed by atoms with Crippen LogP contribution in [0.5, 0.6) is 0 Å². The van der Waals surface area contributed by atoms with Crippen LogP contribution in [-0.4, -0.2) is 27.9 Å². The molecule has 1 amide bonds. The lowest BCUT2D eigenvalue weighted by Crippen LogP contribution is -2.20. The molecule has 0 saturated carbocycles. The fraction of sp³-hybridized carbons (Fsp3) is 0.0556. The number of hydrogen-bond donors (Lipinski definition) is 1. The zero-order chi connectivity index (χ0) is 18.5. The van der Waals surface area contributed by atoms with Gasteiger partial charge >= 0.3 is 5.97 Å². The first-order valence-corrected chi connectivity index (χ1v) is 8.32. The van der Waals surface area contributed by atoms with Crippen LogP contribution in [0.25, 0.3) is 11.7 Å². The number of benzene rings is 1. The normalized spacial score (nSPS) is 11.0. The molecule has 0 radical (unpaired) electrons. The summed E-state index contributed by atoms with van der Waals surface area (Å²) in [5, 5.41) is 3.22. The van der Waals surface area contributed by atoms with Gasteiger partial charge in [-0.2, -0.15) is 0 Å². The summed E-state index contributed by atoms with van der Waals surface area (Å²) in [6.07, 6.45) is 4.44. The molecule has 0 fully saturated rings. The first-order valence-electron chi connectivity index (χ1n) is 7.56. The fourth-order valence-corrected chi connectivity index (χ4v) is 2.64. The van der Waals surface area contributed by atoms with Crippen LogP contribution in [0, 0.1) is 0 Å². The predicted octanol–water partition coefficient (Wildman–Crippen LogP) is 3.84. The molecule has 0 aliphatic rings. The topological polar surface area (TPSA) is 72.7 Å². The molecule has 26 heavy (non-hydrogen) atoms. The molecule has 6 nitrogen and oxygen atoms in total. The predicted molar refractivity (Wildman–Crippen MR) is 100 cm³/mol. The third kappa shape index (κ3) is 4.22. The number of hydrogen-bond acceptors (Lipinski definition) is 4. The Morgan fingerprint density at radius 3 is 2.73 bits per heavy atom. The number of aromatic nitrogens is 2. The van der Waals surface area contributed by atoms with Gasteiger partial charge in [0.15, 0.2) is 11.8 Å². The highest BCUT2D eigenvalue weighted by Gasteiger charge is 2.10. The SMILES string of the molecule is O=C(COC(=O)/C=C/c1c(Cl)nc2ccccn12)Nc1ccccc1Cl. The largest absolute Gasteiger partial charge is 0.452 e. The van der Waals surface area contributed by atoms with Gasteiger partial charge in [-0.05, 0) is 30.3 Å². The van der Waals surface area contributed by atoms with Gasteiger partial charge in [0.05, 0.1) is 16.4 Å². The Bertz CT molecular complexity index is 998. The highest BCUT2D eigenvalue weighted by Crippen LogP contribution is 2.20. The molecule has 1 N–H and O–H groups in total. The molecule has 0 spiro atoms. The van der Waals surface area contributed by atoms with Gasteiger partial charge in [-0.25, -0.2) is 9.78 Å². The standard InChI is InChI=1S/C18H13Cl2N3O3/c19-12-5-1-2-6-13(12)21-16(24)11-26-17(25)9-8-14-18(20)22-15-7-3-4-10-23(14)15/h1-10H,11H2,(H,21,24)/b9-8+. The van der Waals surface area contributed by atoms with E-state index in [4.69, 9.17) is 27.9 Å². The van der Waals surface area contributed by atoms with Gasteiger partial charge < -0.3 is 10.1 Å². The van der Waals surface area contributed by atoms with Crippen molar-refractivity contribution in [2.75, 3.05) is 11.9 Å². The lowest BCUT2D eigenvalue weighted by Gasteiger charge is -2.06. The van der Waals surface area contributed by atoms with E-state index < -0.39 is 18.5 Å². The monoisotopic (exact) mass is 389 g/mol. The zero-order valence-corrected chi connectivity index (χ0v) is 14.9. The Morgan fingerprint density at radius 2 is 1.92 bits per heavy atom. The van der Waals surface area contributed by atoms with Gasteiger partial charge in [0.2, 0.25) is 0 Å². The van der Waals surface area contributed by atoms with Crippen LogP contribution < -0.4 is 5.32 Å². The summed E-state index contributed by atoms with van der Waals surface area (Å²) in [4.78, 5) is 27.8. The minimum absolute atomic E-state index is 0.261. The molecule has 0 saturated heterocycles. The van der Waals surface area contributed by atoms with Gasteiger partial charge in [0, 0.05) is 12.3 Å². The van der Waals surface area contributed by atoms with Crippen LogP contribution in [0.2, 0.25) is 10.2 Å². The van der Waals surface area contributed by atoms with Crippen LogP contribution in [0.3, 0.4) is 0 Å². The maximum Gasteiger partial charge on any atom is 0.331 e. The van der Waals surface area contributed by atoms with Gasteiger partial charge in [0.25, 0.3) is 5.91 Å². The average Bonchev–Trinajstić information content (AvgIpc) is 2.95. The van der Waals surface area contributed by atoms with E-state index >= 15 is 0 Å². The number of anilines is 1. The summed E-state index contributed by atoms with van der Waals surface area (Å²) in [5.41, 5.74) is 1.65. The van der Waals surface area contributed by atoms with Crippen molar-refractivity contribution < 1.29 is 14.3 Å². The van der Waals surface area contributed by atoms with Crippen molar-refractivity contribution in [3.8, 4) is 0 Å². The van der Waals surface area contributed by atoms with E-state index in [0.717, 1.165) is 0 Å². The number of esters is 1. The molecule has 132 valence electrons. The Hall–Kier alpha value is -2.83. The van der Waals surface area contributed by atoms with Crippen LogP contribution in [0.15, 0.2) is 54.7 Å². The number of nitrogens with zero attached hydrogens (tertiary/aromatic N) is 2. The third-order valence-corrected chi connectivity index (χ3v) is 4.00. The number of nitrogens with one attached hydrogen (secondary N) is 1. The first kappa shape index (κ1) is 18.0. The summed E-state index contributed by atoms with van der Waals surface area (Å²) < 4.78 is 6.64. The molecule has 0 aliphatic heterocycles. The van der Waals surface area contributed by atoms with E-state index in [1.165, 1.54) is 12.2 Å². The fourth-order valence-electron chi connectivity index (χ4n) is 2.22. The number of pyridine rings is 1. The molecule has 2 aromatic heterocycles. The third-order valence-electron chi connectivity index (χ3n) is 3.39. The Labute approximate surface area is 159 Å². The maximum atomic E-state index is 11.8. The van der Waals surface area contributed by atoms with E-state index in [1.807, 2.05) is 12.1 Å². The van der Waals surface area contributed by atoms with Gasteiger partial charge in [-0.3, -0.25) is 9.20 Å². The smallest absolute Gasteiger partial charge is 0.331 e. The van der Waals surface area contributed by atoms with Crippen molar-refractivity contribution in [3.63, 3.8) is 0 Å². The molecule has 2 heterocycles. The number of halogens is 2. The highest BCUT2D eigenvalue weighted by molar-refractivity contribution is 6.33. The number of imidazole rings is 1. The van der Waals surface area contributed by atoms with E-state index in [1.54, 1.807) is 40.9 Å². The molecule has 0 bridgehead atoms. The van der Waals surface area contributed by atoms with Crippen LogP contribution in [0.1, 0.15) is 5.69 Å². The van der Waals surface area contributed by atoms with Gasteiger partial charge in [-0.1, -0.05) is 41.4 Å². The van der Waals surface area contributed by atoms with Crippen molar-refractivity contribution in [1.82, 2.24) is 9.38 Å². The molecular formula is C18H13Cl2N3O3. The van der Waals surface area contributed by atoms with Crippen molar-refractivity contribution in [3.05, 3.63) is 70.6 Å². The average molecular weight is 390 g/mol. The van der Waals surface area contributed by atoms with Gasteiger partial charge in [0.1, 0.15) is 5.65 Å². The van der Waals surface area contributed by atoms with Crippen molar-refractivity contribution in [1.29, 1.82) is 0 Å². The summed E-state index contributed by atoms with van der Waals surface area (Å²) in [7, 11) is 0. The summed E-state index contributed by atoms with van der Waals surface area (Å²) >= 11 is 12.0. The molecule has 0 unspecified atom stereocenters. The molecule has 3 aromatic rings. The zero-order valence-electron chi connectivity index (χ0n) is 13.4. The molecular weight excluding hydrogens is 377 g/mol. The molecule has 0 atom stereocenters. The quantitative estimate of drug-likeness (QED) is 0.531. The first-order chi connectivity index (χ1) is 12.5. The Balaban J connectivity index is 1.58. The summed E-state index contributed by atoms with van der Waals surface area (Å²) in [5.74, 6) is -1.17. The minimum Gasteiger partial charge on any atom is -0.452 e. The van der Waals surface area contributed by atoms with Gasteiger partial charge in [-0.15, -0.1) is 0 Å². The number of fused-ring (bicyclic) bond motifs is 1. The van der Waals surface area contributed by atoms with Crippen LogP contribution in [-0.2, 0) is 14.3 Å². The number of carbonyl (C=O) groups excluding carboxylic acids is 2. The Morgan fingerprint density at radius 1 is 1.15 bits per heavy atom. The summed E-state index contributed by atoms with van der Waals surface area (Å²) in [6, 6.07) is 12.2. The number of ether oxygens (including phenoxy) is 1. The lowest BCUT2D eigenvalue weighted by atomic mass is 10.3. The molecule has 1 aromatic carbocycles. The molecule has 3 rings (SSSR count). The van der Waals surface area contributed by atoms with Crippen molar-refractivity contribution >= 4 is 52.5 Å². The minimum atomic E-state index is -0.679. The van der Waals surface area contributed by atoms with Crippen LogP contribution in [0.4, 0.5) is 5.69 Å². The molecule has 0 aliphatic carbocycles.